The predicted octanol–water partition coefficient (Wildman–Crippen LogP) is 3.07. The number of thiazole rings is 1. The van der Waals surface area contributed by atoms with Gasteiger partial charge in [-0.1, -0.05) is 17.7 Å². The zero-order chi connectivity index (χ0) is 18.7. The third-order valence-electron chi connectivity index (χ3n) is 3.30. The van der Waals surface area contributed by atoms with Crippen molar-refractivity contribution in [1.29, 1.82) is 0 Å². The van der Waals surface area contributed by atoms with Crippen molar-refractivity contribution in [2.24, 2.45) is 0 Å². The zero-order valence-corrected chi connectivity index (χ0v) is 14.6. The predicted molar refractivity (Wildman–Crippen MR) is 96.3 cm³/mol. The number of halogens is 1. The molecule has 0 fully saturated rings. The molecule has 0 radical (unpaired) electrons. The number of carbonyl (C=O) groups is 1. The number of benzene rings is 1. The lowest BCUT2D eigenvalue weighted by atomic mass is 10.2. The van der Waals surface area contributed by atoms with Crippen LogP contribution in [0.2, 0.25) is 5.02 Å². The smallest absolute Gasteiger partial charge is 0.331 e. The molecular formula is C16H10ClN3O5S. The van der Waals surface area contributed by atoms with Gasteiger partial charge in [-0.2, -0.15) is 0 Å². The number of ether oxygens (including phenoxy) is 1. The molecule has 0 saturated heterocycles. The molecule has 10 heteroatoms. The van der Waals surface area contributed by atoms with Crippen molar-refractivity contribution in [3.63, 3.8) is 0 Å². The number of esters is 1. The van der Waals surface area contributed by atoms with E-state index in [1.54, 1.807) is 11.6 Å². The summed E-state index contributed by atoms with van der Waals surface area (Å²) in [5, 5.41) is 12.6. The van der Waals surface area contributed by atoms with Gasteiger partial charge in [-0.3, -0.25) is 19.3 Å². The number of aromatic nitrogens is 2. The first-order valence-corrected chi connectivity index (χ1v) is 8.44. The number of rotatable bonds is 5. The van der Waals surface area contributed by atoms with E-state index in [-0.39, 0.29) is 22.9 Å². The van der Waals surface area contributed by atoms with E-state index in [0.29, 0.717) is 16.2 Å². The molecule has 0 atom stereocenters. The van der Waals surface area contributed by atoms with Gasteiger partial charge in [0.05, 0.1) is 10.6 Å². The maximum atomic E-state index is 11.8. The van der Waals surface area contributed by atoms with Gasteiger partial charge in [0.1, 0.15) is 11.6 Å². The van der Waals surface area contributed by atoms with Crippen molar-refractivity contribution in [3.05, 3.63) is 78.7 Å². The summed E-state index contributed by atoms with van der Waals surface area (Å²) in [6.45, 7) is -0.159. The van der Waals surface area contributed by atoms with E-state index in [1.165, 1.54) is 46.1 Å². The molecule has 2 heterocycles. The molecule has 0 bridgehead atoms. The number of nitro groups is 1. The molecule has 0 amide bonds. The fourth-order valence-electron chi connectivity index (χ4n) is 2.09. The van der Waals surface area contributed by atoms with Crippen LogP contribution in [0.4, 0.5) is 5.69 Å². The summed E-state index contributed by atoms with van der Waals surface area (Å²) in [5.74, 6) is -0.671. The number of hydrogen-bond acceptors (Lipinski definition) is 7. The Labute approximate surface area is 155 Å². The van der Waals surface area contributed by atoms with Crippen molar-refractivity contribution >= 4 is 45.6 Å². The van der Waals surface area contributed by atoms with E-state index in [0.717, 1.165) is 6.08 Å². The first-order chi connectivity index (χ1) is 12.4. The summed E-state index contributed by atoms with van der Waals surface area (Å²) in [4.78, 5) is 38.6. The summed E-state index contributed by atoms with van der Waals surface area (Å²) in [5.41, 5.74) is 0.248. The van der Waals surface area contributed by atoms with Crippen LogP contribution in [0.5, 0.6) is 0 Å². The van der Waals surface area contributed by atoms with Crippen LogP contribution in [0.1, 0.15) is 11.3 Å². The van der Waals surface area contributed by atoms with Crippen molar-refractivity contribution < 1.29 is 14.5 Å². The van der Waals surface area contributed by atoms with Crippen molar-refractivity contribution in [2.75, 3.05) is 0 Å². The maximum absolute atomic E-state index is 11.8. The van der Waals surface area contributed by atoms with Gasteiger partial charge in [0.25, 0.3) is 11.2 Å². The van der Waals surface area contributed by atoms with Crippen LogP contribution in [-0.4, -0.2) is 20.3 Å². The Morgan fingerprint density at radius 3 is 3.00 bits per heavy atom. The molecule has 1 aromatic carbocycles. The van der Waals surface area contributed by atoms with Crippen molar-refractivity contribution in [1.82, 2.24) is 9.38 Å². The topological polar surface area (TPSA) is 104 Å². The number of fused-ring (bicyclic) bond motifs is 1. The average molecular weight is 392 g/mol. The summed E-state index contributed by atoms with van der Waals surface area (Å²) in [7, 11) is 0. The van der Waals surface area contributed by atoms with Crippen LogP contribution in [-0.2, 0) is 16.1 Å². The Morgan fingerprint density at radius 1 is 1.42 bits per heavy atom. The summed E-state index contributed by atoms with van der Waals surface area (Å²) in [6, 6.07) is 5.45. The monoisotopic (exact) mass is 391 g/mol. The molecule has 0 aliphatic heterocycles. The van der Waals surface area contributed by atoms with Crippen LogP contribution in [0.15, 0.2) is 46.7 Å². The molecule has 8 nitrogen and oxygen atoms in total. The molecule has 3 aromatic rings. The molecular weight excluding hydrogens is 382 g/mol. The lowest BCUT2D eigenvalue weighted by molar-refractivity contribution is -0.384. The van der Waals surface area contributed by atoms with Crippen LogP contribution >= 0.6 is 22.9 Å². The highest BCUT2D eigenvalue weighted by Crippen LogP contribution is 2.25. The summed E-state index contributed by atoms with van der Waals surface area (Å²) < 4.78 is 6.43. The first-order valence-electron chi connectivity index (χ1n) is 7.18. The fourth-order valence-corrected chi connectivity index (χ4v) is 3.02. The van der Waals surface area contributed by atoms with E-state index in [4.69, 9.17) is 16.3 Å². The molecule has 0 unspecified atom stereocenters. The Morgan fingerprint density at radius 2 is 2.23 bits per heavy atom. The lowest BCUT2D eigenvalue weighted by Gasteiger charge is -2.02. The van der Waals surface area contributed by atoms with E-state index in [1.807, 2.05) is 0 Å². The van der Waals surface area contributed by atoms with Gasteiger partial charge in [-0.05, 0) is 17.7 Å². The summed E-state index contributed by atoms with van der Waals surface area (Å²) in [6.07, 6.45) is 4.11. The van der Waals surface area contributed by atoms with Crippen molar-refractivity contribution in [3.8, 4) is 0 Å². The van der Waals surface area contributed by atoms with Gasteiger partial charge in [-0.25, -0.2) is 9.78 Å². The van der Waals surface area contributed by atoms with Gasteiger partial charge < -0.3 is 4.74 Å². The van der Waals surface area contributed by atoms with E-state index in [2.05, 4.69) is 4.98 Å². The Kier molecular flexibility index (Phi) is 5.10. The van der Waals surface area contributed by atoms with Gasteiger partial charge >= 0.3 is 5.97 Å². The van der Waals surface area contributed by atoms with Gasteiger partial charge in [0, 0.05) is 29.8 Å². The Bertz CT molecular complexity index is 1090. The maximum Gasteiger partial charge on any atom is 0.331 e. The minimum absolute atomic E-state index is 0.0102. The second-order valence-electron chi connectivity index (χ2n) is 5.05. The molecule has 132 valence electrons. The molecule has 2 aromatic heterocycles. The second kappa shape index (κ2) is 7.46. The van der Waals surface area contributed by atoms with Gasteiger partial charge in [0.15, 0.2) is 4.96 Å². The van der Waals surface area contributed by atoms with Crippen LogP contribution in [0.25, 0.3) is 11.0 Å². The number of hydrogen-bond donors (Lipinski definition) is 0. The highest BCUT2D eigenvalue weighted by atomic mass is 35.5. The third-order valence-corrected chi connectivity index (χ3v) is 4.37. The normalized spacial score (nSPS) is 11.1. The molecule has 0 aliphatic rings. The van der Waals surface area contributed by atoms with Gasteiger partial charge in [-0.15, -0.1) is 11.3 Å². The molecule has 0 N–H and O–H groups in total. The first kappa shape index (κ1) is 17.8. The van der Waals surface area contributed by atoms with E-state index < -0.39 is 10.9 Å². The molecule has 26 heavy (non-hydrogen) atoms. The highest BCUT2D eigenvalue weighted by molar-refractivity contribution is 7.15. The van der Waals surface area contributed by atoms with Crippen LogP contribution in [0.3, 0.4) is 0 Å². The summed E-state index contributed by atoms with van der Waals surface area (Å²) >= 11 is 7.02. The molecule has 3 rings (SSSR count). The number of carbonyl (C=O) groups excluding carboxylic acids is 1. The zero-order valence-electron chi connectivity index (χ0n) is 13.0. The highest BCUT2D eigenvalue weighted by Gasteiger charge is 2.12. The largest absolute Gasteiger partial charge is 0.456 e. The fraction of sp³-hybridized carbons (Fsp3) is 0.0625. The minimum atomic E-state index is -0.671. The SMILES string of the molecule is O=C(C=Cc1ccc(Cl)c([N+](=O)[O-])c1)OCc1cc(=O)n2ccsc2n1. The molecule has 0 spiro atoms. The third kappa shape index (κ3) is 3.95. The average Bonchev–Trinajstić information content (AvgIpc) is 3.08. The van der Waals surface area contributed by atoms with Gasteiger partial charge in [0.2, 0.25) is 0 Å². The van der Waals surface area contributed by atoms with E-state index >= 15 is 0 Å². The minimum Gasteiger partial charge on any atom is -0.456 e. The number of nitro benzene ring substituents is 1. The number of nitrogens with zero attached hydrogens (tertiary/aromatic N) is 3. The molecule has 0 saturated carbocycles. The Hall–Kier alpha value is -3.04. The Balaban J connectivity index is 1.66. The van der Waals surface area contributed by atoms with E-state index in [9.17, 15) is 19.7 Å². The lowest BCUT2D eigenvalue weighted by Crippen LogP contribution is -2.14. The quantitative estimate of drug-likeness (QED) is 0.286. The van der Waals surface area contributed by atoms with Crippen LogP contribution < -0.4 is 5.56 Å². The van der Waals surface area contributed by atoms with Crippen LogP contribution in [0, 0.1) is 10.1 Å². The standard InChI is InChI=1S/C16H10ClN3O5S/c17-12-3-1-10(7-13(12)20(23)24)2-4-15(22)25-9-11-8-14(21)19-5-6-26-16(19)18-11/h1-8H,9H2. The second-order valence-corrected chi connectivity index (χ2v) is 6.33. The van der Waals surface area contributed by atoms with Crippen molar-refractivity contribution in [2.45, 2.75) is 6.61 Å². The molecule has 0 aliphatic carbocycles.